The summed E-state index contributed by atoms with van der Waals surface area (Å²) >= 11 is 0. The fourth-order valence-electron chi connectivity index (χ4n) is 5.62. The number of carbonyl (C=O) groups excluding carboxylic acids is 5. The van der Waals surface area contributed by atoms with Gasteiger partial charge in [-0.1, -0.05) is 95.3 Å². The molecule has 10 nitrogen and oxygen atoms in total. The highest BCUT2D eigenvalue weighted by atomic mass is 16.6. The predicted octanol–water partition coefficient (Wildman–Crippen LogP) is 4.05. The molecule has 1 aliphatic heterocycles. The highest BCUT2D eigenvalue weighted by molar-refractivity contribution is 5.98. The number of carbonyl (C=O) groups is 5. The van der Waals surface area contributed by atoms with Crippen LogP contribution in [0, 0.1) is 11.8 Å². The zero-order chi connectivity index (χ0) is 35.3. The number of rotatable bonds is 20. The molecule has 0 aliphatic carbocycles. The van der Waals surface area contributed by atoms with Crippen LogP contribution in [0.3, 0.4) is 0 Å². The summed E-state index contributed by atoms with van der Waals surface area (Å²) in [4.78, 5) is 67.3. The minimum absolute atomic E-state index is 0.0345. The van der Waals surface area contributed by atoms with Crippen molar-refractivity contribution >= 4 is 29.4 Å². The van der Waals surface area contributed by atoms with E-state index in [0.29, 0.717) is 38.7 Å². The maximum absolute atomic E-state index is 13.9. The highest BCUT2D eigenvalue weighted by Gasteiger charge is 2.50. The SMILES string of the molecule is CCCC(=O)N[C@@H](CCc1ccccc1)C(=O)N[C@@H](CC(C)C)C(=O)N[C@@H](Cc1ccccc1)C(=O)N[C@@H](CC(C)C)C(=O)[C@@]1(C)CO1. The van der Waals surface area contributed by atoms with E-state index in [2.05, 4.69) is 21.3 Å². The Bertz CT molecular complexity index is 1360. The summed E-state index contributed by atoms with van der Waals surface area (Å²) in [6, 6.07) is 15.4. The number of ketones is 1. The Labute approximate surface area is 285 Å². The van der Waals surface area contributed by atoms with E-state index in [4.69, 9.17) is 4.74 Å². The van der Waals surface area contributed by atoms with Crippen LogP contribution in [0.15, 0.2) is 60.7 Å². The summed E-state index contributed by atoms with van der Waals surface area (Å²) in [6.07, 6.45) is 2.76. The van der Waals surface area contributed by atoms with Gasteiger partial charge in [-0.25, -0.2) is 0 Å². The summed E-state index contributed by atoms with van der Waals surface area (Å²) in [5, 5.41) is 11.5. The maximum Gasteiger partial charge on any atom is 0.243 e. The molecule has 4 amide bonds. The van der Waals surface area contributed by atoms with Crippen LogP contribution < -0.4 is 21.3 Å². The molecule has 48 heavy (non-hydrogen) atoms. The molecule has 4 N–H and O–H groups in total. The summed E-state index contributed by atoms with van der Waals surface area (Å²) in [5.41, 5.74) is 0.940. The van der Waals surface area contributed by atoms with Crippen LogP contribution in [0.4, 0.5) is 0 Å². The van der Waals surface area contributed by atoms with Crippen LogP contribution in [0.1, 0.15) is 84.8 Å². The van der Waals surface area contributed by atoms with E-state index in [9.17, 15) is 24.0 Å². The van der Waals surface area contributed by atoms with Gasteiger partial charge in [-0.2, -0.15) is 0 Å². The molecule has 0 spiro atoms. The van der Waals surface area contributed by atoms with Gasteiger partial charge in [0.25, 0.3) is 0 Å². The molecule has 2 aromatic rings. The Morgan fingerprint density at radius 2 is 1.17 bits per heavy atom. The van der Waals surface area contributed by atoms with Crippen LogP contribution in [-0.2, 0) is 41.6 Å². The second kappa shape index (κ2) is 18.5. The first kappa shape index (κ1) is 38.4. The van der Waals surface area contributed by atoms with E-state index in [1.165, 1.54) is 0 Å². The molecule has 5 atom stereocenters. The quantitative estimate of drug-likeness (QED) is 0.158. The molecule has 10 heteroatoms. The minimum Gasteiger partial charge on any atom is -0.361 e. The Morgan fingerprint density at radius 3 is 1.71 bits per heavy atom. The first-order chi connectivity index (χ1) is 22.8. The van der Waals surface area contributed by atoms with Crippen LogP contribution in [0.2, 0.25) is 0 Å². The summed E-state index contributed by atoms with van der Waals surface area (Å²) in [7, 11) is 0. The molecule has 0 saturated carbocycles. The zero-order valence-corrected chi connectivity index (χ0v) is 29.3. The summed E-state index contributed by atoms with van der Waals surface area (Å²) < 4.78 is 5.39. The molecule has 0 aromatic heterocycles. The lowest BCUT2D eigenvalue weighted by atomic mass is 9.93. The highest BCUT2D eigenvalue weighted by Crippen LogP contribution is 2.29. The Balaban J connectivity index is 1.81. The lowest BCUT2D eigenvalue weighted by Gasteiger charge is -2.28. The Morgan fingerprint density at radius 1 is 0.688 bits per heavy atom. The van der Waals surface area contributed by atoms with Gasteiger partial charge >= 0.3 is 0 Å². The van der Waals surface area contributed by atoms with Gasteiger partial charge in [0.05, 0.1) is 12.6 Å². The predicted molar refractivity (Wildman–Crippen MR) is 186 cm³/mol. The smallest absolute Gasteiger partial charge is 0.243 e. The molecule has 0 radical (unpaired) electrons. The lowest BCUT2D eigenvalue weighted by molar-refractivity contribution is -0.135. The van der Waals surface area contributed by atoms with E-state index in [-0.39, 0.29) is 36.4 Å². The van der Waals surface area contributed by atoms with Gasteiger partial charge < -0.3 is 26.0 Å². The number of nitrogens with one attached hydrogen (secondary N) is 4. The van der Waals surface area contributed by atoms with E-state index in [1.54, 1.807) is 6.92 Å². The van der Waals surface area contributed by atoms with Gasteiger partial charge in [0, 0.05) is 12.8 Å². The number of epoxide rings is 1. The molecule has 262 valence electrons. The molecule has 1 fully saturated rings. The van der Waals surface area contributed by atoms with Gasteiger partial charge in [0.1, 0.15) is 23.7 Å². The van der Waals surface area contributed by atoms with Crippen molar-refractivity contribution < 1.29 is 28.7 Å². The van der Waals surface area contributed by atoms with Crippen molar-refractivity contribution in [2.75, 3.05) is 6.61 Å². The first-order valence-corrected chi connectivity index (χ1v) is 17.3. The van der Waals surface area contributed by atoms with Gasteiger partial charge in [-0.15, -0.1) is 0 Å². The average Bonchev–Trinajstić information content (AvgIpc) is 3.80. The van der Waals surface area contributed by atoms with Crippen molar-refractivity contribution in [2.45, 2.75) is 116 Å². The normalized spacial score (nSPS) is 17.9. The number of hydrogen-bond acceptors (Lipinski definition) is 6. The van der Waals surface area contributed by atoms with Gasteiger partial charge in [-0.3, -0.25) is 24.0 Å². The van der Waals surface area contributed by atoms with Crippen molar-refractivity contribution in [1.29, 1.82) is 0 Å². The standard InChI is InChI=1S/C38H54N4O6/c1-7-14-33(43)39-29(20-19-27-15-10-8-11-16-27)35(45)41-31(22-26(4)5)36(46)42-32(23-28-17-12-9-13-18-28)37(47)40-30(21-25(2)3)34(44)38(6)24-48-38/h8-13,15-18,25-26,29-32H,7,14,19-24H2,1-6H3,(H,39,43)(H,40,47)(H,41,45)(H,42,46)/t29-,30-,31-,32-,38+/m0/s1. The fourth-order valence-corrected chi connectivity index (χ4v) is 5.62. The van der Waals surface area contributed by atoms with Gasteiger partial charge in [0.15, 0.2) is 5.78 Å². The van der Waals surface area contributed by atoms with E-state index >= 15 is 0 Å². The molecule has 2 aromatic carbocycles. The third-order valence-electron chi connectivity index (χ3n) is 8.39. The number of benzene rings is 2. The maximum atomic E-state index is 13.9. The zero-order valence-electron chi connectivity index (χ0n) is 29.3. The van der Waals surface area contributed by atoms with Crippen LogP contribution >= 0.6 is 0 Å². The van der Waals surface area contributed by atoms with Crippen molar-refractivity contribution in [3.05, 3.63) is 71.8 Å². The lowest BCUT2D eigenvalue weighted by Crippen LogP contribution is -2.59. The number of ether oxygens (including phenoxy) is 1. The molecular formula is C38H54N4O6. The van der Waals surface area contributed by atoms with Gasteiger partial charge in [-0.05, 0) is 62.0 Å². The molecule has 1 aliphatic rings. The van der Waals surface area contributed by atoms with E-state index in [0.717, 1.165) is 11.1 Å². The first-order valence-electron chi connectivity index (χ1n) is 17.3. The van der Waals surface area contributed by atoms with Crippen molar-refractivity contribution in [3.8, 4) is 0 Å². The molecular weight excluding hydrogens is 608 g/mol. The monoisotopic (exact) mass is 662 g/mol. The minimum atomic E-state index is -1.01. The fraction of sp³-hybridized carbons (Fsp3) is 0.553. The molecule has 0 bridgehead atoms. The number of hydrogen-bond donors (Lipinski definition) is 4. The topological polar surface area (TPSA) is 146 Å². The van der Waals surface area contributed by atoms with Crippen molar-refractivity contribution in [1.82, 2.24) is 21.3 Å². The van der Waals surface area contributed by atoms with Crippen molar-refractivity contribution in [3.63, 3.8) is 0 Å². The molecule has 1 heterocycles. The van der Waals surface area contributed by atoms with E-state index < -0.39 is 47.5 Å². The van der Waals surface area contributed by atoms with Crippen LogP contribution in [0.25, 0.3) is 0 Å². The largest absolute Gasteiger partial charge is 0.361 e. The third-order valence-corrected chi connectivity index (χ3v) is 8.39. The van der Waals surface area contributed by atoms with Gasteiger partial charge in [0.2, 0.25) is 23.6 Å². The molecule has 0 unspecified atom stereocenters. The Hall–Kier alpha value is -4.05. The second-order valence-electron chi connectivity index (χ2n) is 13.9. The van der Waals surface area contributed by atoms with Crippen molar-refractivity contribution in [2.24, 2.45) is 11.8 Å². The third kappa shape index (κ3) is 12.5. The number of aryl methyl sites for hydroxylation is 1. The van der Waals surface area contributed by atoms with Crippen LogP contribution in [0.5, 0.6) is 0 Å². The average molecular weight is 663 g/mol. The molecule has 1 saturated heterocycles. The summed E-state index contributed by atoms with van der Waals surface area (Å²) in [5.74, 6) is -1.72. The number of Topliss-reactive ketones (excluding diaryl/α,β-unsaturated/α-hetero) is 1. The van der Waals surface area contributed by atoms with Crippen LogP contribution in [-0.4, -0.2) is 65.8 Å². The number of amides is 4. The second-order valence-corrected chi connectivity index (χ2v) is 13.9. The Kier molecular flexibility index (Phi) is 14.8. The summed E-state index contributed by atoms with van der Waals surface area (Å²) in [6.45, 7) is 11.8. The van der Waals surface area contributed by atoms with E-state index in [1.807, 2.05) is 95.3 Å². The molecule has 3 rings (SSSR count).